The summed E-state index contributed by atoms with van der Waals surface area (Å²) in [7, 11) is 0. The molecule has 1 aromatic rings. The standard InChI is InChI=1S/C13H19N3O3/c1-8-5-10(15-19-8)14-12(18)9-6-11(17)16(7-9)13(2,3)4/h5,9H,6-7H2,1-4H3,(H,14,15,18)/t9-/m1/s1. The first-order valence-electron chi connectivity index (χ1n) is 6.32. The molecule has 0 radical (unpaired) electrons. The second-order valence-corrected chi connectivity index (χ2v) is 5.89. The van der Waals surface area contributed by atoms with Gasteiger partial charge in [0.2, 0.25) is 11.8 Å². The van der Waals surface area contributed by atoms with Gasteiger partial charge in [0.25, 0.3) is 0 Å². The molecular formula is C13H19N3O3. The predicted octanol–water partition coefficient (Wildman–Crippen LogP) is 1.57. The third-order valence-electron chi connectivity index (χ3n) is 3.18. The number of nitrogens with zero attached hydrogens (tertiary/aromatic N) is 2. The molecule has 19 heavy (non-hydrogen) atoms. The van der Waals surface area contributed by atoms with Crippen LogP contribution in [0.15, 0.2) is 10.6 Å². The Morgan fingerprint density at radius 3 is 2.68 bits per heavy atom. The topological polar surface area (TPSA) is 75.4 Å². The first kappa shape index (κ1) is 13.6. The molecule has 1 atom stereocenters. The van der Waals surface area contributed by atoms with E-state index in [0.29, 0.717) is 18.1 Å². The third kappa shape index (κ3) is 2.94. The number of carbonyl (C=O) groups excluding carboxylic acids is 2. The fraction of sp³-hybridized carbons (Fsp3) is 0.615. The van der Waals surface area contributed by atoms with E-state index in [1.54, 1.807) is 17.9 Å². The molecular weight excluding hydrogens is 246 g/mol. The number of aromatic nitrogens is 1. The van der Waals surface area contributed by atoms with Crippen molar-refractivity contribution in [1.29, 1.82) is 0 Å². The molecule has 1 fully saturated rings. The Morgan fingerprint density at radius 1 is 1.53 bits per heavy atom. The van der Waals surface area contributed by atoms with Gasteiger partial charge in [0.15, 0.2) is 5.82 Å². The van der Waals surface area contributed by atoms with Crippen LogP contribution in [0.25, 0.3) is 0 Å². The lowest BCUT2D eigenvalue weighted by Crippen LogP contribution is -2.42. The molecule has 1 aromatic heterocycles. The van der Waals surface area contributed by atoms with Crippen molar-refractivity contribution < 1.29 is 14.1 Å². The van der Waals surface area contributed by atoms with E-state index < -0.39 is 0 Å². The summed E-state index contributed by atoms with van der Waals surface area (Å²) in [5, 5.41) is 6.38. The molecule has 1 saturated heterocycles. The van der Waals surface area contributed by atoms with E-state index in [1.165, 1.54) is 0 Å². The highest BCUT2D eigenvalue weighted by molar-refractivity contribution is 5.96. The van der Waals surface area contributed by atoms with E-state index in [4.69, 9.17) is 4.52 Å². The molecule has 0 aromatic carbocycles. The molecule has 0 aliphatic carbocycles. The maximum Gasteiger partial charge on any atom is 0.231 e. The van der Waals surface area contributed by atoms with Crippen LogP contribution >= 0.6 is 0 Å². The highest BCUT2D eigenvalue weighted by atomic mass is 16.5. The fourth-order valence-corrected chi connectivity index (χ4v) is 2.18. The van der Waals surface area contributed by atoms with Crippen molar-refractivity contribution in [2.75, 3.05) is 11.9 Å². The van der Waals surface area contributed by atoms with Gasteiger partial charge in [0.05, 0.1) is 5.92 Å². The zero-order chi connectivity index (χ0) is 14.2. The van der Waals surface area contributed by atoms with Crippen LogP contribution in [0.3, 0.4) is 0 Å². The van der Waals surface area contributed by atoms with Crippen LogP contribution in [0, 0.1) is 12.8 Å². The number of likely N-dealkylation sites (tertiary alicyclic amines) is 1. The van der Waals surface area contributed by atoms with Gasteiger partial charge in [-0.15, -0.1) is 0 Å². The van der Waals surface area contributed by atoms with Gasteiger partial charge in [-0.1, -0.05) is 5.16 Å². The van der Waals surface area contributed by atoms with Gasteiger partial charge in [-0.3, -0.25) is 9.59 Å². The van der Waals surface area contributed by atoms with Gasteiger partial charge >= 0.3 is 0 Å². The van der Waals surface area contributed by atoms with Crippen molar-refractivity contribution >= 4 is 17.6 Å². The van der Waals surface area contributed by atoms with Gasteiger partial charge in [-0.2, -0.15) is 0 Å². The first-order valence-corrected chi connectivity index (χ1v) is 6.32. The maximum atomic E-state index is 12.1. The number of aryl methyl sites for hydroxylation is 1. The molecule has 1 N–H and O–H groups in total. The van der Waals surface area contributed by atoms with Crippen LogP contribution in [0.2, 0.25) is 0 Å². The minimum atomic E-state index is -0.330. The van der Waals surface area contributed by atoms with E-state index in [1.807, 2.05) is 20.8 Å². The average molecular weight is 265 g/mol. The Balaban J connectivity index is 2.00. The third-order valence-corrected chi connectivity index (χ3v) is 3.18. The monoisotopic (exact) mass is 265 g/mol. The lowest BCUT2D eigenvalue weighted by molar-refractivity contribution is -0.131. The van der Waals surface area contributed by atoms with Crippen LogP contribution in [0.4, 0.5) is 5.82 Å². The highest BCUT2D eigenvalue weighted by Crippen LogP contribution is 2.26. The highest BCUT2D eigenvalue weighted by Gasteiger charge is 2.39. The lowest BCUT2D eigenvalue weighted by Gasteiger charge is -2.31. The molecule has 104 valence electrons. The number of anilines is 1. The zero-order valence-corrected chi connectivity index (χ0v) is 11.7. The summed E-state index contributed by atoms with van der Waals surface area (Å²) in [6, 6.07) is 1.65. The van der Waals surface area contributed by atoms with Gasteiger partial charge in [0.1, 0.15) is 5.76 Å². The molecule has 0 unspecified atom stereocenters. The van der Waals surface area contributed by atoms with Crippen LogP contribution in [-0.2, 0) is 9.59 Å². The molecule has 2 amide bonds. The van der Waals surface area contributed by atoms with Crippen LogP contribution in [0.1, 0.15) is 33.0 Å². The van der Waals surface area contributed by atoms with Crippen molar-refractivity contribution in [1.82, 2.24) is 10.1 Å². The van der Waals surface area contributed by atoms with E-state index >= 15 is 0 Å². The quantitative estimate of drug-likeness (QED) is 0.880. The van der Waals surface area contributed by atoms with E-state index in [9.17, 15) is 9.59 Å². The van der Waals surface area contributed by atoms with E-state index in [2.05, 4.69) is 10.5 Å². The first-order chi connectivity index (χ1) is 8.77. The zero-order valence-electron chi connectivity index (χ0n) is 11.7. The summed E-state index contributed by atoms with van der Waals surface area (Å²) >= 11 is 0. The van der Waals surface area contributed by atoms with Crippen molar-refractivity contribution in [2.45, 2.75) is 39.7 Å². The Hall–Kier alpha value is -1.85. The molecule has 0 bridgehead atoms. The Labute approximate surface area is 112 Å². The lowest BCUT2D eigenvalue weighted by atomic mass is 10.1. The largest absolute Gasteiger partial charge is 0.360 e. The summed E-state index contributed by atoms with van der Waals surface area (Å²) in [6.45, 7) is 8.10. The summed E-state index contributed by atoms with van der Waals surface area (Å²) in [4.78, 5) is 25.7. The summed E-state index contributed by atoms with van der Waals surface area (Å²) in [5.74, 6) is 0.527. The Morgan fingerprint density at radius 2 is 2.21 bits per heavy atom. The minimum absolute atomic E-state index is 0.0176. The predicted molar refractivity (Wildman–Crippen MR) is 69.4 cm³/mol. The molecule has 0 saturated carbocycles. The van der Waals surface area contributed by atoms with Gasteiger partial charge < -0.3 is 14.7 Å². The van der Waals surface area contributed by atoms with Crippen LogP contribution in [-0.4, -0.2) is 34.0 Å². The SMILES string of the molecule is Cc1cc(NC(=O)[C@@H]2CC(=O)N(C(C)(C)C)C2)no1. The van der Waals surface area contributed by atoms with Gasteiger partial charge in [-0.25, -0.2) is 0 Å². The van der Waals surface area contributed by atoms with Gasteiger partial charge in [-0.05, 0) is 27.7 Å². The average Bonchev–Trinajstić information content (AvgIpc) is 2.84. The van der Waals surface area contributed by atoms with Crippen LogP contribution < -0.4 is 5.32 Å². The minimum Gasteiger partial charge on any atom is -0.360 e. The van der Waals surface area contributed by atoms with Crippen molar-refractivity contribution in [2.24, 2.45) is 5.92 Å². The number of nitrogens with one attached hydrogen (secondary N) is 1. The molecule has 2 rings (SSSR count). The van der Waals surface area contributed by atoms with Crippen molar-refractivity contribution in [3.05, 3.63) is 11.8 Å². The summed E-state index contributed by atoms with van der Waals surface area (Å²) < 4.78 is 4.88. The number of rotatable bonds is 2. The Bertz CT molecular complexity index is 501. The molecule has 0 spiro atoms. The second kappa shape index (κ2) is 4.68. The number of carbonyl (C=O) groups is 2. The van der Waals surface area contributed by atoms with Crippen LogP contribution in [0.5, 0.6) is 0 Å². The van der Waals surface area contributed by atoms with Gasteiger partial charge in [0, 0.05) is 24.6 Å². The Kier molecular flexibility index (Phi) is 3.34. The molecule has 1 aliphatic heterocycles. The molecule has 6 nitrogen and oxygen atoms in total. The normalized spacial score (nSPS) is 19.9. The number of amides is 2. The van der Waals surface area contributed by atoms with Crippen molar-refractivity contribution in [3.63, 3.8) is 0 Å². The smallest absolute Gasteiger partial charge is 0.231 e. The number of hydrogen-bond acceptors (Lipinski definition) is 4. The number of hydrogen-bond donors (Lipinski definition) is 1. The fourth-order valence-electron chi connectivity index (χ4n) is 2.18. The van der Waals surface area contributed by atoms with Crippen molar-refractivity contribution in [3.8, 4) is 0 Å². The maximum absolute atomic E-state index is 12.1. The molecule has 6 heteroatoms. The summed E-state index contributed by atoms with van der Waals surface area (Å²) in [6.07, 6.45) is 0.250. The molecule has 1 aliphatic rings. The van der Waals surface area contributed by atoms with E-state index in [0.717, 1.165) is 0 Å². The second-order valence-electron chi connectivity index (χ2n) is 5.89. The van der Waals surface area contributed by atoms with E-state index in [-0.39, 0.29) is 29.7 Å². The summed E-state index contributed by atoms with van der Waals surface area (Å²) in [5.41, 5.74) is -0.253. The molecule has 2 heterocycles.